The van der Waals surface area contributed by atoms with Crippen LogP contribution in [0.3, 0.4) is 0 Å². The van der Waals surface area contributed by atoms with Gasteiger partial charge in [-0.05, 0) is 25.0 Å². The van der Waals surface area contributed by atoms with Crippen molar-refractivity contribution in [3.8, 4) is 11.3 Å². The van der Waals surface area contributed by atoms with Crippen molar-refractivity contribution in [2.24, 2.45) is 5.92 Å². The Kier molecular flexibility index (Phi) is 6.52. The molecule has 1 aliphatic rings. The maximum atomic E-state index is 13.3. The average molecular weight is 433 g/mol. The Labute approximate surface area is 185 Å². The molecule has 158 valence electrons. The highest BCUT2D eigenvalue weighted by Crippen LogP contribution is 2.30. The number of piperidine rings is 1. The minimum absolute atomic E-state index is 0.0105. The van der Waals surface area contributed by atoms with E-state index in [1.807, 2.05) is 40.6 Å². The highest BCUT2D eigenvalue weighted by molar-refractivity contribution is 7.14. The average Bonchev–Trinajstić information content (AvgIpc) is 3.33. The van der Waals surface area contributed by atoms with Crippen molar-refractivity contribution in [1.82, 2.24) is 14.9 Å². The first-order valence-corrected chi connectivity index (χ1v) is 11.2. The minimum atomic E-state index is -0.134. The summed E-state index contributed by atoms with van der Waals surface area (Å²) in [6.07, 6.45) is 6.24. The molecular weight excluding hydrogens is 408 g/mol. The Morgan fingerprint density at radius 2 is 1.84 bits per heavy atom. The highest BCUT2D eigenvalue weighted by Gasteiger charge is 2.31. The van der Waals surface area contributed by atoms with Crippen molar-refractivity contribution in [2.45, 2.75) is 12.8 Å². The Balaban J connectivity index is 1.43. The van der Waals surface area contributed by atoms with Gasteiger partial charge in [-0.15, -0.1) is 17.9 Å². The van der Waals surface area contributed by atoms with Crippen molar-refractivity contribution >= 4 is 28.3 Å². The zero-order valence-electron chi connectivity index (χ0n) is 17.2. The third-order valence-corrected chi connectivity index (χ3v) is 6.29. The fourth-order valence-electron chi connectivity index (χ4n) is 3.75. The number of carbonyl (C=O) groups is 2. The number of thiazole rings is 1. The van der Waals surface area contributed by atoms with Crippen LogP contribution in [-0.4, -0.2) is 46.3 Å². The van der Waals surface area contributed by atoms with Gasteiger partial charge in [0.15, 0.2) is 5.13 Å². The van der Waals surface area contributed by atoms with Crippen molar-refractivity contribution in [3.05, 3.63) is 78.5 Å². The second-order valence-corrected chi connectivity index (χ2v) is 8.26. The van der Waals surface area contributed by atoms with E-state index in [0.29, 0.717) is 43.2 Å². The van der Waals surface area contributed by atoms with Crippen LogP contribution in [0.5, 0.6) is 0 Å². The summed E-state index contributed by atoms with van der Waals surface area (Å²) in [4.78, 5) is 38.2. The van der Waals surface area contributed by atoms with E-state index >= 15 is 0 Å². The SMILES string of the molecule is C=CCN(C(=O)C1CCN(C(=O)c2ccncc2)CC1)c1nc(-c2ccccc2)cs1. The molecule has 0 bridgehead atoms. The molecule has 0 unspecified atom stereocenters. The summed E-state index contributed by atoms with van der Waals surface area (Å²) in [5.74, 6) is -0.0981. The second-order valence-electron chi connectivity index (χ2n) is 7.42. The lowest BCUT2D eigenvalue weighted by Gasteiger charge is -2.33. The third kappa shape index (κ3) is 4.72. The van der Waals surface area contributed by atoms with Crippen LogP contribution >= 0.6 is 11.3 Å². The summed E-state index contributed by atoms with van der Waals surface area (Å²) in [5.41, 5.74) is 2.52. The summed E-state index contributed by atoms with van der Waals surface area (Å²) in [5, 5.41) is 2.66. The Bertz CT molecular complexity index is 1040. The number of likely N-dealkylation sites (tertiary alicyclic amines) is 1. The minimum Gasteiger partial charge on any atom is -0.339 e. The number of anilines is 1. The van der Waals surface area contributed by atoms with Crippen LogP contribution in [0.2, 0.25) is 0 Å². The lowest BCUT2D eigenvalue weighted by atomic mass is 9.95. The number of nitrogens with zero attached hydrogens (tertiary/aromatic N) is 4. The normalized spacial score (nSPS) is 14.3. The largest absolute Gasteiger partial charge is 0.339 e. The third-order valence-electron chi connectivity index (χ3n) is 5.43. The summed E-state index contributed by atoms with van der Waals surface area (Å²) in [6.45, 7) is 5.35. The van der Waals surface area contributed by atoms with Crippen LogP contribution in [0.15, 0.2) is 72.9 Å². The molecule has 0 N–H and O–H groups in total. The van der Waals surface area contributed by atoms with Gasteiger partial charge in [0.1, 0.15) is 0 Å². The van der Waals surface area contributed by atoms with Crippen LogP contribution < -0.4 is 4.90 Å². The lowest BCUT2D eigenvalue weighted by molar-refractivity contribution is -0.123. The maximum absolute atomic E-state index is 13.3. The van der Waals surface area contributed by atoms with Crippen LogP contribution in [0.4, 0.5) is 5.13 Å². The highest BCUT2D eigenvalue weighted by atomic mass is 32.1. The standard InChI is InChI=1S/C24H24N4O2S/c1-2-14-28(24-26-21(17-31-24)18-6-4-3-5-7-18)23(30)20-10-15-27(16-11-20)22(29)19-8-12-25-13-9-19/h2-9,12-13,17,20H,1,10-11,14-16H2. The number of pyridine rings is 1. The van der Waals surface area contributed by atoms with E-state index in [1.54, 1.807) is 35.5 Å². The van der Waals surface area contributed by atoms with E-state index < -0.39 is 0 Å². The molecule has 6 nitrogen and oxygen atoms in total. The molecule has 0 aliphatic carbocycles. The van der Waals surface area contributed by atoms with E-state index in [2.05, 4.69) is 11.6 Å². The van der Waals surface area contributed by atoms with E-state index in [1.165, 1.54) is 11.3 Å². The number of aromatic nitrogens is 2. The Morgan fingerprint density at radius 1 is 1.13 bits per heavy atom. The lowest BCUT2D eigenvalue weighted by Crippen LogP contribution is -2.44. The van der Waals surface area contributed by atoms with Crippen LogP contribution in [0, 0.1) is 5.92 Å². The van der Waals surface area contributed by atoms with Gasteiger partial charge < -0.3 is 4.90 Å². The first kappa shape index (κ1) is 20.9. The molecular formula is C24H24N4O2S. The van der Waals surface area contributed by atoms with Crippen LogP contribution in [0.1, 0.15) is 23.2 Å². The molecule has 3 aromatic rings. The molecule has 3 heterocycles. The zero-order chi connectivity index (χ0) is 21.6. The van der Waals surface area contributed by atoms with Crippen LogP contribution in [-0.2, 0) is 4.79 Å². The van der Waals surface area contributed by atoms with E-state index in [9.17, 15) is 9.59 Å². The number of hydrogen-bond acceptors (Lipinski definition) is 5. The molecule has 0 saturated carbocycles. The molecule has 7 heteroatoms. The molecule has 2 amide bonds. The summed E-state index contributed by atoms with van der Waals surface area (Å²) in [7, 11) is 0. The van der Waals surface area contributed by atoms with E-state index in [0.717, 1.165) is 11.3 Å². The van der Waals surface area contributed by atoms with E-state index in [-0.39, 0.29) is 17.7 Å². The smallest absolute Gasteiger partial charge is 0.253 e. The topological polar surface area (TPSA) is 66.4 Å². The molecule has 0 spiro atoms. The van der Waals surface area contributed by atoms with Crippen molar-refractivity contribution in [1.29, 1.82) is 0 Å². The van der Waals surface area contributed by atoms with Crippen molar-refractivity contribution < 1.29 is 9.59 Å². The predicted octanol–water partition coefficient (Wildman–Crippen LogP) is 4.28. The number of benzene rings is 1. The molecule has 31 heavy (non-hydrogen) atoms. The molecule has 4 rings (SSSR count). The first-order chi connectivity index (χ1) is 15.2. The van der Waals surface area contributed by atoms with Gasteiger partial charge in [-0.2, -0.15) is 0 Å². The number of carbonyl (C=O) groups excluding carboxylic acids is 2. The van der Waals surface area contributed by atoms with Gasteiger partial charge in [-0.25, -0.2) is 4.98 Å². The van der Waals surface area contributed by atoms with Gasteiger partial charge in [-0.3, -0.25) is 19.5 Å². The Morgan fingerprint density at radius 3 is 2.52 bits per heavy atom. The number of amides is 2. The predicted molar refractivity (Wildman–Crippen MR) is 123 cm³/mol. The molecule has 0 radical (unpaired) electrons. The quantitative estimate of drug-likeness (QED) is 0.546. The second kappa shape index (κ2) is 9.66. The van der Waals surface area contributed by atoms with Crippen molar-refractivity contribution in [3.63, 3.8) is 0 Å². The van der Waals surface area contributed by atoms with Gasteiger partial charge in [-0.1, -0.05) is 36.4 Å². The van der Waals surface area contributed by atoms with Crippen LogP contribution in [0.25, 0.3) is 11.3 Å². The molecule has 1 aromatic carbocycles. The Hall–Kier alpha value is -3.32. The molecule has 1 aliphatic heterocycles. The summed E-state index contributed by atoms with van der Waals surface area (Å²) < 4.78 is 0. The van der Waals surface area contributed by atoms with Gasteiger partial charge in [0.2, 0.25) is 5.91 Å². The van der Waals surface area contributed by atoms with Crippen molar-refractivity contribution in [2.75, 3.05) is 24.5 Å². The molecule has 2 aromatic heterocycles. The molecule has 0 atom stereocenters. The summed E-state index contributed by atoms with van der Waals surface area (Å²) in [6, 6.07) is 13.4. The fraction of sp³-hybridized carbons (Fsp3) is 0.250. The zero-order valence-corrected chi connectivity index (χ0v) is 18.0. The first-order valence-electron chi connectivity index (χ1n) is 10.3. The monoisotopic (exact) mass is 432 g/mol. The number of rotatable bonds is 6. The van der Waals surface area contributed by atoms with Gasteiger partial charge in [0, 0.05) is 54.5 Å². The van der Waals surface area contributed by atoms with Gasteiger partial charge >= 0.3 is 0 Å². The van der Waals surface area contributed by atoms with E-state index in [4.69, 9.17) is 4.98 Å². The maximum Gasteiger partial charge on any atom is 0.253 e. The van der Waals surface area contributed by atoms with Gasteiger partial charge in [0.05, 0.1) is 5.69 Å². The molecule has 1 fully saturated rings. The fourth-order valence-corrected chi connectivity index (χ4v) is 4.60. The summed E-state index contributed by atoms with van der Waals surface area (Å²) >= 11 is 1.46. The number of hydrogen-bond donors (Lipinski definition) is 0. The van der Waals surface area contributed by atoms with Gasteiger partial charge in [0.25, 0.3) is 5.91 Å². The molecule has 1 saturated heterocycles.